The van der Waals surface area contributed by atoms with Gasteiger partial charge in [0.25, 0.3) is 0 Å². The molecule has 1 aliphatic rings. The van der Waals surface area contributed by atoms with Crippen LogP contribution in [0.4, 0.5) is 0 Å². The Hall–Kier alpha value is -0.0400. The summed E-state index contributed by atoms with van der Waals surface area (Å²) in [7, 11) is 2.16. The lowest BCUT2D eigenvalue weighted by molar-refractivity contribution is 0.307. The molecule has 1 rings (SSSR count). The summed E-state index contributed by atoms with van der Waals surface area (Å²) in [5, 5.41) is 3.57. The standard InChI is InChI=1S/C15H31N/c1-13(2)9-8-12-15(16-3)14-10-6-4-5-7-11-14/h13-16H,4-12H2,1-3H3. The summed E-state index contributed by atoms with van der Waals surface area (Å²) in [6, 6.07) is 0.789. The Kier molecular flexibility index (Phi) is 7.11. The number of hydrogen-bond donors (Lipinski definition) is 1. The van der Waals surface area contributed by atoms with Gasteiger partial charge >= 0.3 is 0 Å². The highest BCUT2D eigenvalue weighted by atomic mass is 14.9. The van der Waals surface area contributed by atoms with Crippen LogP contribution in [-0.2, 0) is 0 Å². The zero-order chi connectivity index (χ0) is 11.8. The minimum atomic E-state index is 0.789. The molecule has 96 valence electrons. The molecule has 0 bridgehead atoms. The highest BCUT2D eigenvalue weighted by Gasteiger charge is 2.20. The smallest absolute Gasteiger partial charge is 0.00923 e. The summed E-state index contributed by atoms with van der Waals surface area (Å²) >= 11 is 0. The zero-order valence-electron chi connectivity index (χ0n) is 11.6. The van der Waals surface area contributed by atoms with E-state index < -0.39 is 0 Å². The van der Waals surface area contributed by atoms with Gasteiger partial charge in [0.15, 0.2) is 0 Å². The van der Waals surface area contributed by atoms with Gasteiger partial charge in [0.05, 0.1) is 0 Å². The topological polar surface area (TPSA) is 12.0 Å². The van der Waals surface area contributed by atoms with E-state index in [1.807, 2.05) is 0 Å². The van der Waals surface area contributed by atoms with E-state index in [1.54, 1.807) is 0 Å². The predicted molar refractivity (Wildman–Crippen MR) is 72.7 cm³/mol. The highest BCUT2D eigenvalue weighted by Crippen LogP contribution is 2.27. The molecular weight excluding hydrogens is 194 g/mol. The number of nitrogens with one attached hydrogen (secondary N) is 1. The summed E-state index contributed by atoms with van der Waals surface area (Å²) in [6.45, 7) is 4.67. The van der Waals surface area contributed by atoms with Gasteiger partial charge in [-0.2, -0.15) is 0 Å². The molecule has 0 spiro atoms. The third kappa shape index (κ3) is 5.34. The van der Waals surface area contributed by atoms with Gasteiger partial charge in [-0.15, -0.1) is 0 Å². The molecule has 0 aromatic rings. The van der Waals surface area contributed by atoms with E-state index in [4.69, 9.17) is 0 Å². The van der Waals surface area contributed by atoms with Crippen LogP contribution in [0, 0.1) is 11.8 Å². The summed E-state index contributed by atoms with van der Waals surface area (Å²) in [5.41, 5.74) is 0. The number of hydrogen-bond acceptors (Lipinski definition) is 1. The van der Waals surface area contributed by atoms with Crippen LogP contribution in [0.1, 0.15) is 71.6 Å². The van der Waals surface area contributed by atoms with Crippen molar-refractivity contribution in [2.45, 2.75) is 77.7 Å². The lowest BCUT2D eigenvalue weighted by Crippen LogP contribution is -2.33. The fourth-order valence-electron chi connectivity index (χ4n) is 3.08. The monoisotopic (exact) mass is 225 g/mol. The van der Waals surface area contributed by atoms with Gasteiger partial charge in [-0.3, -0.25) is 0 Å². The van der Waals surface area contributed by atoms with Crippen molar-refractivity contribution in [2.75, 3.05) is 7.05 Å². The molecule has 1 N–H and O–H groups in total. The van der Waals surface area contributed by atoms with Crippen LogP contribution in [-0.4, -0.2) is 13.1 Å². The molecule has 0 amide bonds. The summed E-state index contributed by atoms with van der Waals surface area (Å²) in [6.07, 6.45) is 13.0. The normalized spacial score (nSPS) is 21.0. The first-order valence-corrected chi connectivity index (χ1v) is 7.41. The maximum atomic E-state index is 3.57. The fraction of sp³-hybridized carbons (Fsp3) is 1.00. The summed E-state index contributed by atoms with van der Waals surface area (Å²) in [4.78, 5) is 0. The van der Waals surface area contributed by atoms with Crippen LogP contribution < -0.4 is 5.32 Å². The third-order valence-electron chi connectivity index (χ3n) is 4.14. The minimum absolute atomic E-state index is 0.789. The maximum absolute atomic E-state index is 3.57. The highest BCUT2D eigenvalue weighted by molar-refractivity contribution is 4.77. The van der Waals surface area contributed by atoms with Crippen LogP contribution in [0.25, 0.3) is 0 Å². The molecule has 0 aromatic carbocycles. The van der Waals surface area contributed by atoms with Crippen molar-refractivity contribution in [2.24, 2.45) is 11.8 Å². The van der Waals surface area contributed by atoms with Crippen molar-refractivity contribution < 1.29 is 0 Å². The van der Waals surface area contributed by atoms with E-state index in [0.717, 1.165) is 17.9 Å². The first-order chi connectivity index (χ1) is 7.74. The Morgan fingerprint density at radius 3 is 2.12 bits per heavy atom. The summed E-state index contributed by atoms with van der Waals surface area (Å²) < 4.78 is 0. The Morgan fingerprint density at radius 1 is 1.00 bits per heavy atom. The Balaban J connectivity index is 2.27. The van der Waals surface area contributed by atoms with E-state index in [9.17, 15) is 0 Å². The van der Waals surface area contributed by atoms with E-state index in [2.05, 4.69) is 26.2 Å². The SMILES string of the molecule is CNC(CCCC(C)C)C1CCCCCC1. The molecule has 0 aromatic heterocycles. The number of rotatable bonds is 6. The van der Waals surface area contributed by atoms with E-state index in [1.165, 1.54) is 57.8 Å². The van der Waals surface area contributed by atoms with E-state index in [-0.39, 0.29) is 0 Å². The molecule has 16 heavy (non-hydrogen) atoms. The van der Waals surface area contributed by atoms with Crippen LogP contribution in [0.3, 0.4) is 0 Å². The van der Waals surface area contributed by atoms with Crippen molar-refractivity contribution >= 4 is 0 Å². The Morgan fingerprint density at radius 2 is 1.62 bits per heavy atom. The van der Waals surface area contributed by atoms with Gasteiger partial charge < -0.3 is 5.32 Å². The molecule has 0 aliphatic heterocycles. The van der Waals surface area contributed by atoms with Crippen LogP contribution in [0.2, 0.25) is 0 Å². The van der Waals surface area contributed by atoms with Crippen molar-refractivity contribution in [1.82, 2.24) is 5.32 Å². The van der Waals surface area contributed by atoms with E-state index >= 15 is 0 Å². The van der Waals surface area contributed by atoms with Crippen LogP contribution >= 0.6 is 0 Å². The zero-order valence-corrected chi connectivity index (χ0v) is 11.6. The predicted octanol–water partition coefficient (Wildman–Crippen LogP) is 4.37. The van der Waals surface area contributed by atoms with Gasteiger partial charge in [-0.25, -0.2) is 0 Å². The van der Waals surface area contributed by atoms with E-state index in [0.29, 0.717) is 0 Å². The lowest BCUT2D eigenvalue weighted by Gasteiger charge is -2.26. The second kappa shape index (κ2) is 8.11. The Labute approximate surface area is 102 Å². The van der Waals surface area contributed by atoms with Crippen molar-refractivity contribution in [1.29, 1.82) is 0 Å². The van der Waals surface area contributed by atoms with Gasteiger partial charge in [0.2, 0.25) is 0 Å². The Bertz CT molecular complexity index is 157. The lowest BCUT2D eigenvalue weighted by atomic mass is 9.88. The fourth-order valence-corrected chi connectivity index (χ4v) is 3.08. The van der Waals surface area contributed by atoms with Crippen molar-refractivity contribution in [3.05, 3.63) is 0 Å². The van der Waals surface area contributed by atoms with Crippen LogP contribution in [0.5, 0.6) is 0 Å². The van der Waals surface area contributed by atoms with Gasteiger partial charge in [-0.1, -0.05) is 52.4 Å². The minimum Gasteiger partial charge on any atom is -0.317 e. The maximum Gasteiger partial charge on any atom is 0.00923 e. The molecule has 1 heteroatoms. The molecule has 1 atom stereocenters. The summed E-state index contributed by atoms with van der Waals surface area (Å²) in [5.74, 6) is 1.83. The molecule has 1 nitrogen and oxygen atoms in total. The molecule has 0 heterocycles. The first kappa shape index (κ1) is 14.0. The van der Waals surface area contributed by atoms with Crippen LogP contribution in [0.15, 0.2) is 0 Å². The van der Waals surface area contributed by atoms with Gasteiger partial charge in [0.1, 0.15) is 0 Å². The molecule has 1 fully saturated rings. The largest absolute Gasteiger partial charge is 0.317 e. The molecule has 1 unspecified atom stereocenters. The first-order valence-electron chi connectivity index (χ1n) is 7.41. The average Bonchev–Trinajstić information content (AvgIpc) is 2.52. The molecule has 0 radical (unpaired) electrons. The van der Waals surface area contributed by atoms with Crippen molar-refractivity contribution in [3.8, 4) is 0 Å². The molecule has 1 aliphatic carbocycles. The average molecular weight is 225 g/mol. The molecule has 1 saturated carbocycles. The van der Waals surface area contributed by atoms with Gasteiger partial charge in [0, 0.05) is 6.04 Å². The second-order valence-corrected chi connectivity index (χ2v) is 5.97. The van der Waals surface area contributed by atoms with Gasteiger partial charge in [-0.05, 0) is 38.1 Å². The second-order valence-electron chi connectivity index (χ2n) is 5.97. The quantitative estimate of drug-likeness (QED) is 0.662. The third-order valence-corrected chi connectivity index (χ3v) is 4.14. The molecule has 0 saturated heterocycles. The van der Waals surface area contributed by atoms with Crippen molar-refractivity contribution in [3.63, 3.8) is 0 Å². The molecular formula is C15H31N.